The van der Waals surface area contributed by atoms with Crippen molar-refractivity contribution in [2.75, 3.05) is 24.8 Å². The Morgan fingerprint density at radius 1 is 1.29 bits per heavy atom. The highest BCUT2D eigenvalue weighted by atomic mass is 16.5. The number of esters is 1. The van der Waals surface area contributed by atoms with Crippen LogP contribution in [0, 0.1) is 13.8 Å². The number of hydrogen-bond acceptors (Lipinski definition) is 5. The molecule has 1 aromatic heterocycles. The molecular formula is C16H19N3O2. The summed E-state index contributed by atoms with van der Waals surface area (Å²) < 4.78 is 4.73. The second kappa shape index (κ2) is 5.83. The summed E-state index contributed by atoms with van der Waals surface area (Å²) in [5.41, 5.74) is 9.75. The molecule has 0 unspecified atom stereocenters. The lowest BCUT2D eigenvalue weighted by Crippen LogP contribution is -2.15. The molecule has 0 saturated heterocycles. The summed E-state index contributed by atoms with van der Waals surface area (Å²) in [5.74, 6) is 0.168. The smallest absolute Gasteiger partial charge is 0.340 e. The minimum Gasteiger partial charge on any atom is -0.465 e. The molecule has 21 heavy (non-hydrogen) atoms. The predicted molar refractivity (Wildman–Crippen MR) is 84.0 cm³/mol. The number of aromatic nitrogens is 1. The molecule has 1 aromatic carbocycles. The monoisotopic (exact) mass is 285 g/mol. The number of nitrogens with two attached hydrogens (primary N) is 1. The average Bonchev–Trinajstić information content (AvgIpc) is 2.46. The number of methoxy groups -OCH3 is 1. The van der Waals surface area contributed by atoms with Crippen LogP contribution >= 0.6 is 0 Å². The van der Waals surface area contributed by atoms with E-state index in [1.54, 1.807) is 6.07 Å². The van der Waals surface area contributed by atoms with Crippen molar-refractivity contribution >= 4 is 23.2 Å². The molecule has 5 nitrogen and oxygen atoms in total. The third-order valence-electron chi connectivity index (χ3n) is 3.38. The van der Waals surface area contributed by atoms with E-state index in [9.17, 15) is 4.79 Å². The number of anilines is 3. The normalized spacial score (nSPS) is 10.3. The first-order valence-electron chi connectivity index (χ1n) is 6.59. The summed E-state index contributed by atoms with van der Waals surface area (Å²) >= 11 is 0. The number of aryl methyl sites for hydroxylation is 2. The van der Waals surface area contributed by atoms with E-state index in [1.165, 1.54) is 18.9 Å². The first-order valence-corrected chi connectivity index (χ1v) is 6.59. The van der Waals surface area contributed by atoms with Crippen LogP contribution in [0.25, 0.3) is 0 Å². The first kappa shape index (κ1) is 14.8. The fraction of sp³-hybridized carbons (Fsp3) is 0.250. The van der Waals surface area contributed by atoms with Gasteiger partial charge in [0, 0.05) is 12.7 Å². The number of nitrogens with zero attached hydrogens (tertiary/aromatic N) is 2. The summed E-state index contributed by atoms with van der Waals surface area (Å²) in [6, 6.07) is 7.81. The van der Waals surface area contributed by atoms with E-state index in [4.69, 9.17) is 10.5 Å². The maximum absolute atomic E-state index is 11.7. The molecule has 0 atom stereocenters. The highest BCUT2D eigenvalue weighted by Gasteiger charge is 2.15. The number of benzene rings is 1. The van der Waals surface area contributed by atoms with Gasteiger partial charge in [0.1, 0.15) is 5.82 Å². The van der Waals surface area contributed by atoms with Gasteiger partial charge in [-0.3, -0.25) is 0 Å². The lowest BCUT2D eigenvalue weighted by atomic mass is 10.1. The molecule has 0 aliphatic rings. The van der Waals surface area contributed by atoms with Gasteiger partial charge in [0.05, 0.1) is 24.6 Å². The van der Waals surface area contributed by atoms with Crippen molar-refractivity contribution < 1.29 is 9.53 Å². The minimum absolute atomic E-state index is 0.305. The number of carbonyl (C=O) groups excluding carboxylic acids is 1. The molecule has 0 aliphatic carbocycles. The Hall–Kier alpha value is -2.56. The van der Waals surface area contributed by atoms with Gasteiger partial charge in [-0.1, -0.05) is 17.7 Å². The Morgan fingerprint density at radius 2 is 2.00 bits per heavy atom. The van der Waals surface area contributed by atoms with Crippen LogP contribution in [0.2, 0.25) is 0 Å². The molecule has 0 amide bonds. The van der Waals surface area contributed by atoms with Crippen LogP contribution in [0.3, 0.4) is 0 Å². The number of pyridine rings is 1. The van der Waals surface area contributed by atoms with Gasteiger partial charge >= 0.3 is 5.97 Å². The van der Waals surface area contributed by atoms with E-state index in [1.807, 2.05) is 37.9 Å². The number of carbonyl (C=O) groups is 1. The van der Waals surface area contributed by atoms with Crippen molar-refractivity contribution in [1.82, 2.24) is 4.98 Å². The predicted octanol–water partition coefficient (Wildman–Crippen LogP) is 2.84. The van der Waals surface area contributed by atoms with Crippen molar-refractivity contribution in [3.05, 3.63) is 47.2 Å². The van der Waals surface area contributed by atoms with Crippen molar-refractivity contribution in [2.24, 2.45) is 0 Å². The van der Waals surface area contributed by atoms with Crippen LogP contribution in [-0.2, 0) is 4.74 Å². The molecular weight excluding hydrogens is 266 g/mol. The molecule has 110 valence electrons. The molecule has 0 aliphatic heterocycles. The summed E-state index contributed by atoms with van der Waals surface area (Å²) in [6.07, 6.45) is 1.47. The van der Waals surface area contributed by atoms with E-state index in [2.05, 4.69) is 11.1 Å². The van der Waals surface area contributed by atoms with Gasteiger partial charge in [0.25, 0.3) is 0 Å². The van der Waals surface area contributed by atoms with Gasteiger partial charge in [-0.15, -0.1) is 0 Å². The lowest BCUT2D eigenvalue weighted by Gasteiger charge is -2.21. The molecule has 5 heteroatoms. The third-order valence-corrected chi connectivity index (χ3v) is 3.38. The first-order chi connectivity index (χ1) is 9.93. The van der Waals surface area contributed by atoms with Crippen LogP contribution < -0.4 is 10.6 Å². The van der Waals surface area contributed by atoms with E-state index >= 15 is 0 Å². The Morgan fingerprint density at radius 3 is 2.62 bits per heavy atom. The van der Waals surface area contributed by atoms with E-state index in [0.717, 1.165) is 11.3 Å². The van der Waals surface area contributed by atoms with E-state index in [-0.39, 0.29) is 0 Å². The van der Waals surface area contributed by atoms with Crippen LogP contribution in [0.15, 0.2) is 30.5 Å². The zero-order valence-electron chi connectivity index (χ0n) is 12.7. The maximum atomic E-state index is 11.7. The number of ether oxygens (including phenoxy) is 1. The van der Waals surface area contributed by atoms with Gasteiger partial charge in [0.15, 0.2) is 0 Å². The molecule has 0 spiro atoms. The van der Waals surface area contributed by atoms with Gasteiger partial charge in [-0.2, -0.15) is 0 Å². The number of hydrogen-bond donors (Lipinski definition) is 1. The van der Waals surface area contributed by atoms with Crippen molar-refractivity contribution in [3.63, 3.8) is 0 Å². The van der Waals surface area contributed by atoms with Gasteiger partial charge in [0.2, 0.25) is 0 Å². The molecule has 0 saturated carbocycles. The molecule has 2 N–H and O–H groups in total. The van der Waals surface area contributed by atoms with E-state index in [0.29, 0.717) is 17.1 Å². The zero-order valence-corrected chi connectivity index (χ0v) is 12.7. The molecule has 2 aromatic rings. The van der Waals surface area contributed by atoms with Crippen LogP contribution in [0.1, 0.15) is 21.5 Å². The molecule has 0 bridgehead atoms. The van der Waals surface area contributed by atoms with Crippen LogP contribution in [0.4, 0.5) is 17.2 Å². The van der Waals surface area contributed by atoms with Crippen molar-refractivity contribution in [2.45, 2.75) is 13.8 Å². The van der Waals surface area contributed by atoms with Crippen molar-refractivity contribution in [1.29, 1.82) is 0 Å². The highest BCUT2D eigenvalue weighted by molar-refractivity contribution is 5.95. The highest BCUT2D eigenvalue weighted by Crippen LogP contribution is 2.27. The SMILES string of the molecule is COC(=O)c1cc(N(C)c2ccc(C)cc2C)ncc1N. The van der Waals surface area contributed by atoms with E-state index < -0.39 is 5.97 Å². The standard InChI is InChI=1S/C16H19N3O2/c1-10-5-6-14(11(2)7-10)19(3)15-8-12(16(20)21-4)13(17)9-18-15/h5-9H,17H2,1-4H3. The summed E-state index contributed by atoms with van der Waals surface area (Å²) in [4.78, 5) is 17.9. The fourth-order valence-electron chi connectivity index (χ4n) is 2.23. The second-order valence-corrected chi connectivity index (χ2v) is 4.97. The largest absolute Gasteiger partial charge is 0.465 e. The Balaban J connectivity index is 2.44. The van der Waals surface area contributed by atoms with Crippen LogP contribution in [0.5, 0.6) is 0 Å². The zero-order chi connectivity index (χ0) is 15.6. The Labute approximate surface area is 124 Å². The van der Waals surface area contributed by atoms with Gasteiger partial charge in [-0.05, 0) is 31.5 Å². The quantitative estimate of drug-likeness (QED) is 0.878. The molecule has 0 radical (unpaired) electrons. The average molecular weight is 285 g/mol. The molecule has 2 rings (SSSR count). The Kier molecular flexibility index (Phi) is 4.12. The third kappa shape index (κ3) is 2.97. The second-order valence-electron chi connectivity index (χ2n) is 4.97. The minimum atomic E-state index is -0.467. The maximum Gasteiger partial charge on any atom is 0.340 e. The summed E-state index contributed by atoms with van der Waals surface area (Å²) in [7, 11) is 3.23. The van der Waals surface area contributed by atoms with Crippen molar-refractivity contribution in [3.8, 4) is 0 Å². The van der Waals surface area contributed by atoms with Crippen LogP contribution in [-0.4, -0.2) is 25.1 Å². The lowest BCUT2D eigenvalue weighted by molar-refractivity contribution is 0.0602. The number of nitrogen functional groups attached to an aromatic ring is 1. The summed E-state index contributed by atoms with van der Waals surface area (Å²) in [5, 5.41) is 0. The fourth-order valence-corrected chi connectivity index (χ4v) is 2.23. The van der Waals surface area contributed by atoms with Gasteiger partial charge < -0.3 is 15.4 Å². The molecule has 1 heterocycles. The topological polar surface area (TPSA) is 68.5 Å². The summed E-state index contributed by atoms with van der Waals surface area (Å²) in [6.45, 7) is 4.09. The Bertz CT molecular complexity index is 683. The number of rotatable bonds is 3. The molecule has 0 fully saturated rings. The van der Waals surface area contributed by atoms with Gasteiger partial charge in [-0.25, -0.2) is 9.78 Å².